The smallest absolute Gasteiger partial charge is 0.335 e. The third-order valence-corrected chi connectivity index (χ3v) is 6.87. The topological polar surface area (TPSA) is 130 Å². The van der Waals surface area contributed by atoms with Gasteiger partial charge in [0, 0.05) is 22.7 Å². The number of amides is 1. The van der Waals surface area contributed by atoms with Gasteiger partial charge in [0.2, 0.25) is 0 Å². The molecule has 1 amide bonds. The van der Waals surface area contributed by atoms with E-state index in [0.29, 0.717) is 18.8 Å². The molecule has 0 unspecified atom stereocenters. The van der Waals surface area contributed by atoms with Gasteiger partial charge in [-0.05, 0) is 47.9 Å². The Morgan fingerprint density at radius 3 is 2.51 bits per heavy atom. The summed E-state index contributed by atoms with van der Waals surface area (Å²) in [5.41, 5.74) is 1.50. The Balaban J connectivity index is 1.68. The number of thiophene rings is 1. The minimum absolute atomic E-state index is 0.190. The molecule has 10 nitrogen and oxygen atoms in total. The highest BCUT2D eigenvalue weighted by molar-refractivity contribution is 7.12. The molecule has 0 bridgehead atoms. The van der Waals surface area contributed by atoms with Crippen molar-refractivity contribution < 1.29 is 14.7 Å². The number of tetrazole rings is 1. The fourth-order valence-corrected chi connectivity index (χ4v) is 4.67. The van der Waals surface area contributed by atoms with Crippen LogP contribution < -0.4 is 4.90 Å². The van der Waals surface area contributed by atoms with Gasteiger partial charge in [-0.1, -0.05) is 37.5 Å². The molecule has 11 heteroatoms. The summed E-state index contributed by atoms with van der Waals surface area (Å²) in [6.45, 7) is 4.90. The van der Waals surface area contributed by atoms with E-state index < -0.39 is 5.97 Å². The molecule has 0 saturated heterocycles. The van der Waals surface area contributed by atoms with E-state index in [1.54, 1.807) is 41.8 Å². The lowest BCUT2D eigenvalue weighted by atomic mass is 10.1. The fourth-order valence-electron chi connectivity index (χ4n) is 3.73. The van der Waals surface area contributed by atoms with Crippen LogP contribution in [0.25, 0.3) is 0 Å². The van der Waals surface area contributed by atoms with Crippen molar-refractivity contribution in [2.24, 2.45) is 0 Å². The first-order chi connectivity index (χ1) is 17.0. The normalized spacial score (nSPS) is 11.0. The summed E-state index contributed by atoms with van der Waals surface area (Å²) in [7, 11) is 0. The summed E-state index contributed by atoms with van der Waals surface area (Å²) in [6, 6.07) is 10.7. The molecule has 3 aromatic heterocycles. The zero-order chi connectivity index (χ0) is 24.8. The molecule has 0 aliphatic rings. The Morgan fingerprint density at radius 2 is 1.89 bits per heavy atom. The molecule has 1 aromatic carbocycles. The number of aromatic carboxylic acids is 1. The SMILES string of the molecule is CCCCc1ncc(C(=O)N(Cc2ccc(CC)s2)c2nn[nH]n2)n1Cc1ccc(C(=O)O)cc1. The van der Waals surface area contributed by atoms with Crippen molar-refractivity contribution in [1.29, 1.82) is 0 Å². The average Bonchev–Trinajstić information content (AvgIpc) is 3.63. The largest absolute Gasteiger partial charge is 0.478 e. The summed E-state index contributed by atoms with van der Waals surface area (Å²) in [6.07, 6.45) is 5.18. The van der Waals surface area contributed by atoms with Crippen LogP contribution in [0, 0.1) is 0 Å². The van der Waals surface area contributed by atoms with Gasteiger partial charge in [0.15, 0.2) is 0 Å². The number of carbonyl (C=O) groups is 2. The van der Waals surface area contributed by atoms with Crippen LogP contribution >= 0.6 is 11.3 Å². The number of carboxylic acids is 1. The molecule has 4 aromatic rings. The number of aromatic amines is 1. The van der Waals surface area contributed by atoms with Gasteiger partial charge in [0.1, 0.15) is 11.5 Å². The number of hydrogen-bond acceptors (Lipinski definition) is 7. The lowest BCUT2D eigenvalue weighted by Crippen LogP contribution is -2.33. The summed E-state index contributed by atoms with van der Waals surface area (Å²) in [5, 5.41) is 23.4. The number of aryl methyl sites for hydroxylation is 2. The van der Waals surface area contributed by atoms with E-state index in [1.165, 1.54) is 9.78 Å². The second-order valence-corrected chi connectivity index (χ2v) is 9.33. The molecule has 3 heterocycles. The number of benzene rings is 1. The first-order valence-corrected chi connectivity index (χ1v) is 12.3. The predicted molar refractivity (Wildman–Crippen MR) is 132 cm³/mol. The van der Waals surface area contributed by atoms with E-state index >= 15 is 0 Å². The summed E-state index contributed by atoms with van der Waals surface area (Å²) < 4.78 is 1.90. The zero-order valence-electron chi connectivity index (χ0n) is 19.6. The highest BCUT2D eigenvalue weighted by Gasteiger charge is 2.27. The molecule has 4 rings (SSSR count). The lowest BCUT2D eigenvalue weighted by Gasteiger charge is -2.19. The molecule has 182 valence electrons. The van der Waals surface area contributed by atoms with Crippen molar-refractivity contribution >= 4 is 29.2 Å². The third kappa shape index (κ3) is 5.62. The van der Waals surface area contributed by atoms with Crippen molar-refractivity contribution in [3.8, 4) is 0 Å². The molecule has 35 heavy (non-hydrogen) atoms. The predicted octanol–water partition coefficient (Wildman–Crippen LogP) is 3.96. The number of carboxylic acid groups (broad SMARTS) is 1. The van der Waals surface area contributed by atoms with Crippen LogP contribution in [0.3, 0.4) is 0 Å². The van der Waals surface area contributed by atoms with Gasteiger partial charge < -0.3 is 9.67 Å². The number of aromatic nitrogens is 6. The maximum atomic E-state index is 13.8. The summed E-state index contributed by atoms with van der Waals surface area (Å²) in [4.78, 5) is 33.4. The van der Waals surface area contributed by atoms with Gasteiger partial charge in [-0.25, -0.2) is 9.78 Å². The molecule has 0 atom stereocenters. The quantitative estimate of drug-likeness (QED) is 0.323. The number of H-pyrrole nitrogens is 1. The number of anilines is 1. The molecule has 2 N–H and O–H groups in total. The first kappa shape index (κ1) is 24.3. The van der Waals surface area contributed by atoms with E-state index in [9.17, 15) is 14.7 Å². The number of nitrogens with one attached hydrogen (secondary N) is 1. The molecule has 0 saturated carbocycles. The third-order valence-electron chi connectivity index (χ3n) is 5.65. The van der Waals surface area contributed by atoms with Crippen molar-refractivity contribution in [2.75, 3.05) is 4.90 Å². The van der Waals surface area contributed by atoms with Crippen LogP contribution in [0.15, 0.2) is 42.6 Å². The highest BCUT2D eigenvalue weighted by atomic mass is 32.1. The molecule has 0 aliphatic heterocycles. The van der Waals surface area contributed by atoms with Crippen molar-refractivity contribution in [2.45, 2.75) is 52.6 Å². The molecule has 0 fully saturated rings. The van der Waals surface area contributed by atoms with Gasteiger partial charge in [-0.15, -0.1) is 16.4 Å². The summed E-state index contributed by atoms with van der Waals surface area (Å²) >= 11 is 1.65. The van der Waals surface area contributed by atoms with Crippen LogP contribution in [-0.4, -0.2) is 47.2 Å². The van der Waals surface area contributed by atoms with E-state index in [2.05, 4.69) is 45.5 Å². The van der Waals surface area contributed by atoms with E-state index in [0.717, 1.165) is 41.9 Å². The second kappa shape index (κ2) is 11.0. The van der Waals surface area contributed by atoms with E-state index in [1.807, 2.05) is 10.6 Å². The highest BCUT2D eigenvalue weighted by Crippen LogP contribution is 2.23. The Bertz CT molecular complexity index is 1280. The van der Waals surface area contributed by atoms with Crippen LogP contribution in [0.4, 0.5) is 5.95 Å². The monoisotopic (exact) mass is 493 g/mol. The number of nitrogens with zero attached hydrogens (tertiary/aromatic N) is 6. The van der Waals surface area contributed by atoms with Gasteiger partial charge >= 0.3 is 5.97 Å². The zero-order valence-corrected chi connectivity index (χ0v) is 20.5. The molecule has 0 spiro atoms. The Kier molecular flexibility index (Phi) is 7.66. The Hall–Kier alpha value is -3.86. The van der Waals surface area contributed by atoms with Crippen LogP contribution in [0.5, 0.6) is 0 Å². The number of rotatable bonds is 11. The van der Waals surface area contributed by atoms with Crippen molar-refractivity contribution in [1.82, 2.24) is 30.2 Å². The second-order valence-electron chi connectivity index (χ2n) is 8.08. The number of imidazole rings is 1. The number of hydrogen-bond donors (Lipinski definition) is 2. The maximum absolute atomic E-state index is 13.8. The van der Waals surface area contributed by atoms with Crippen molar-refractivity contribution in [3.05, 3.63) is 75.0 Å². The fraction of sp³-hybridized carbons (Fsp3) is 0.333. The molecular formula is C24H27N7O3S. The Morgan fingerprint density at radius 1 is 1.11 bits per heavy atom. The molecule has 0 radical (unpaired) electrons. The van der Waals surface area contributed by atoms with Crippen molar-refractivity contribution in [3.63, 3.8) is 0 Å². The van der Waals surface area contributed by atoms with E-state index in [4.69, 9.17) is 0 Å². The first-order valence-electron chi connectivity index (χ1n) is 11.5. The summed E-state index contributed by atoms with van der Waals surface area (Å²) in [5.74, 6) is -0.269. The van der Waals surface area contributed by atoms with Gasteiger partial charge in [0.05, 0.1) is 18.3 Å². The Labute approximate surface area is 206 Å². The van der Waals surface area contributed by atoms with Crippen LogP contribution in [0.1, 0.15) is 68.7 Å². The lowest BCUT2D eigenvalue weighted by molar-refractivity contribution is 0.0696. The minimum Gasteiger partial charge on any atom is -0.478 e. The number of carbonyl (C=O) groups excluding carboxylic acids is 1. The van der Waals surface area contributed by atoms with Gasteiger partial charge in [-0.2, -0.15) is 5.21 Å². The maximum Gasteiger partial charge on any atom is 0.335 e. The van der Waals surface area contributed by atoms with Crippen LogP contribution in [0.2, 0.25) is 0 Å². The average molecular weight is 494 g/mol. The van der Waals surface area contributed by atoms with Gasteiger partial charge in [0.25, 0.3) is 11.9 Å². The molecular weight excluding hydrogens is 466 g/mol. The standard InChI is InChI=1S/C24H27N7O3S/c1-3-5-6-21-25-13-20(30(21)14-16-7-9-17(10-8-16)23(33)34)22(32)31(24-26-28-29-27-24)15-19-12-11-18(4-2)35-19/h7-13H,3-6,14-15H2,1-2H3,(H,33,34)(H,26,27,28,29). The minimum atomic E-state index is -0.978. The van der Waals surface area contributed by atoms with Crippen LogP contribution in [-0.2, 0) is 25.9 Å². The number of unbranched alkanes of at least 4 members (excludes halogenated alkanes) is 1. The molecule has 0 aliphatic carbocycles. The van der Waals surface area contributed by atoms with Gasteiger partial charge in [-0.3, -0.25) is 9.69 Å². The van der Waals surface area contributed by atoms with E-state index in [-0.39, 0.29) is 17.4 Å².